The van der Waals surface area contributed by atoms with Crippen LogP contribution in [0.5, 0.6) is 0 Å². The predicted octanol–water partition coefficient (Wildman–Crippen LogP) is 3.74. The van der Waals surface area contributed by atoms with Gasteiger partial charge in [-0.15, -0.1) is 4.52 Å². The molecule has 0 saturated heterocycles. The van der Waals surface area contributed by atoms with Gasteiger partial charge in [0.2, 0.25) is 0 Å². The lowest BCUT2D eigenvalue weighted by molar-refractivity contribution is 0.0982. The van der Waals surface area contributed by atoms with E-state index in [9.17, 15) is 4.57 Å². The van der Waals surface area contributed by atoms with Crippen molar-refractivity contribution in [1.82, 2.24) is 0 Å². The smallest absolute Gasteiger partial charge is 0.146 e. The van der Waals surface area contributed by atoms with E-state index in [1.165, 1.54) is 32.1 Å². The van der Waals surface area contributed by atoms with E-state index >= 15 is 0 Å². The molecular weight excluding hydrogens is 183 g/mol. The van der Waals surface area contributed by atoms with Crippen LogP contribution < -0.4 is 0 Å². The van der Waals surface area contributed by atoms with Crippen molar-refractivity contribution in [3.8, 4) is 0 Å². The summed E-state index contributed by atoms with van der Waals surface area (Å²) in [7, 11) is -1.41. The number of hydrogen-bond acceptors (Lipinski definition) is 2. The molecule has 0 aliphatic heterocycles. The lowest BCUT2D eigenvalue weighted by atomic mass is 9.73. The first-order chi connectivity index (χ1) is 6.18. The van der Waals surface area contributed by atoms with Gasteiger partial charge in [0.05, 0.1) is 0 Å². The molecule has 0 aromatic heterocycles. The molecule has 1 saturated carbocycles. The first-order valence-electron chi connectivity index (χ1n) is 5.22. The van der Waals surface area contributed by atoms with Crippen molar-refractivity contribution < 1.29 is 9.09 Å². The highest BCUT2D eigenvalue weighted by molar-refractivity contribution is 7.38. The highest BCUT2D eigenvalue weighted by atomic mass is 31.1. The summed E-state index contributed by atoms with van der Waals surface area (Å²) in [4.78, 5) is 0. The van der Waals surface area contributed by atoms with Crippen molar-refractivity contribution in [2.45, 2.75) is 45.4 Å². The van der Waals surface area contributed by atoms with Crippen molar-refractivity contribution in [3.05, 3.63) is 0 Å². The second kappa shape index (κ2) is 5.07. The second-order valence-corrected chi connectivity index (χ2v) is 5.26. The molecule has 3 heteroatoms. The maximum absolute atomic E-state index is 10.9. The molecule has 0 radical (unpaired) electrons. The molecule has 13 heavy (non-hydrogen) atoms. The van der Waals surface area contributed by atoms with E-state index in [1.54, 1.807) is 6.66 Å². The third-order valence-electron chi connectivity index (χ3n) is 3.22. The molecule has 1 aliphatic carbocycles. The summed E-state index contributed by atoms with van der Waals surface area (Å²) >= 11 is 0. The zero-order valence-corrected chi connectivity index (χ0v) is 9.61. The average Bonchev–Trinajstić information content (AvgIpc) is 2.16. The third kappa shape index (κ3) is 3.36. The minimum Gasteiger partial charge on any atom is -0.146 e. The summed E-state index contributed by atoms with van der Waals surface area (Å²) in [5.74, 6) is 0. The zero-order valence-electron chi connectivity index (χ0n) is 8.71. The maximum atomic E-state index is 10.9. The number of rotatable bonds is 4. The van der Waals surface area contributed by atoms with Crippen LogP contribution in [0.4, 0.5) is 0 Å². The molecule has 1 atom stereocenters. The van der Waals surface area contributed by atoms with E-state index in [0.29, 0.717) is 12.0 Å². The highest BCUT2D eigenvalue weighted by Crippen LogP contribution is 2.40. The lowest BCUT2D eigenvalue weighted by Crippen LogP contribution is -2.27. The van der Waals surface area contributed by atoms with E-state index in [2.05, 4.69) is 6.92 Å². The summed E-state index contributed by atoms with van der Waals surface area (Å²) in [5.41, 5.74) is 0.346. The van der Waals surface area contributed by atoms with Crippen LogP contribution in [0, 0.1) is 5.41 Å². The first kappa shape index (κ1) is 11.1. The Morgan fingerprint density at radius 2 is 1.92 bits per heavy atom. The van der Waals surface area contributed by atoms with Crippen LogP contribution in [0.15, 0.2) is 0 Å². The molecule has 0 aromatic rings. The summed E-state index contributed by atoms with van der Waals surface area (Å²) in [6.45, 7) is 4.56. The maximum Gasteiger partial charge on any atom is 0.504 e. The Kier molecular flexibility index (Phi) is 4.34. The van der Waals surface area contributed by atoms with Gasteiger partial charge in [-0.05, 0) is 29.2 Å². The topological polar surface area (TPSA) is 26.3 Å². The van der Waals surface area contributed by atoms with Gasteiger partial charge in [0.25, 0.3) is 0 Å². The molecule has 0 spiro atoms. The van der Waals surface area contributed by atoms with Gasteiger partial charge in [-0.3, -0.25) is 0 Å². The van der Waals surface area contributed by atoms with Gasteiger partial charge >= 0.3 is 8.03 Å². The molecule has 1 fully saturated rings. The van der Waals surface area contributed by atoms with Crippen LogP contribution in [-0.2, 0) is 9.09 Å². The van der Waals surface area contributed by atoms with E-state index in [1.807, 2.05) is 0 Å². The SMILES string of the molecule is CCC1(CO[P+](C)=O)CCCCC1. The fraction of sp³-hybridized carbons (Fsp3) is 1.00. The molecule has 0 aromatic carbocycles. The molecule has 0 heterocycles. The van der Waals surface area contributed by atoms with E-state index in [-0.39, 0.29) is 0 Å². The van der Waals surface area contributed by atoms with Crippen molar-refractivity contribution in [1.29, 1.82) is 0 Å². The molecule has 1 rings (SSSR count). The van der Waals surface area contributed by atoms with Crippen molar-refractivity contribution in [3.63, 3.8) is 0 Å². The van der Waals surface area contributed by atoms with Crippen LogP contribution in [-0.4, -0.2) is 13.3 Å². The molecule has 1 unspecified atom stereocenters. The summed E-state index contributed by atoms with van der Waals surface area (Å²) in [6, 6.07) is 0. The van der Waals surface area contributed by atoms with Gasteiger partial charge in [0, 0.05) is 0 Å². The van der Waals surface area contributed by atoms with Gasteiger partial charge in [0.15, 0.2) is 6.66 Å². The van der Waals surface area contributed by atoms with Crippen LogP contribution >= 0.6 is 8.03 Å². The Labute approximate surface area is 81.9 Å². The molecule has 1 aliphatic rings. The Morgan fingerprint density at radius 3 is 2.38 bits per heavy atom. The molecule has 0 N–H and O–H groups in total. The largest absolute Gasteiger partial charge is 0.504 e. The minimum absolute atomic E-state index is 0.346. The normalized spacial score (nSPS) is 22.8. The number of hydrogen-bond donors (Lipinski definition) is 0. The average molecular weight is 203 g/mol. The van der Waals surface area contributed by atoms with Crippen LogP contribution in [0.1, 0.15) is 45.4 Å². The standard InChI is InChI=1S/C10H20O2P/c1-3-10(9-12-13(2)11)7-5-4-6-8-10/h3-9H2,1-2H3/q+1. The highest BCUT2D eigenvalue weighted by Gasteiger charge is 2.32. The van der Waals surface area contributed by atoms with Crippen LogP contribution in [0.25, 0.3) is 0 Å². The van der Waals surface area contributed by atoms with Crippen LogP contribution in [0.2, 0.25) is 0 Å². The van der Waals surface area contributed by atoms with Gasteiger partial charge in [-0.2, -0.15) is 0 Å². The summed E-state index contributed by atoms with van der Waals surface area (Å²) in [5, 5.41) is 0. The first-order valence-corrected chi connectivity index (χ1v) is 6.85. The molecule has 2 nitrogen and oxygen atoms in total. The lowest BCUT2D eigenvalue weighted by Gasteiger charge is -2.34. The summed E-state index contributed by atoms with van der Waals surface area (Å²) < 4.78 is 16.2. The fourth-order valence-electron chi connectivity index (χ4n) is 2.13. The summed E-state index contributed by atoms with van der Waals surface area (Å²) in [6.07, 6.45) is 7.67. The van der Waals surface area contributed by atoms with Crippen molar-refractivity contribution >= 4 is 8.03 Å². The fourth-order valence-corrected chi connectivity index (χ4v) is 2.59. The van der Waals surface area contributed by atoms with Gasteiger partial charge in [-0.1, -0.05) is 26.2 Å². The van der Waals surface area contributed by atoms with Gasteiger partial charge in [0.1, 0.15) is 6.61 Å². The Morgan fingerprint density at radius 1 is 1.31 bits per heavy atom. The van der Waals surface area contributed by atoms with E-state index in [0.717, 1.165) is 6.42 Å². The Bertz CT molecular complexity index is 174. The minimum atomic E-state index is -1.41. The van der Waals surface area contributed by atoms with Gasteiger partial charge in [-0.25, -0.2) is 0 Å². The van der Waals surface area contributed by atoms with E-state index in [4.69, 9.17) is 4.52 Å². The van der Waals surface area contributed by atoms with E-state index < -0.39 is 8.03 Å². The Balaban J connectivity index is 2.42. The zero-order chi connectivity index (χ0) is 9.73. The Hall–Kier alpha value is 0.0600. The quantitative estimate of drug-likeness (QED) is 0.650. The monoisotopic (exact) mass is 203 g/mol. The molecule has 0 amide bonds. The third-order valence-corrected chi connectivity index (χ3v) is 3.71. The van der Waals surface area contributed by atoms with Crippen molar-refractivity contribution in [2.24, 2.45) is 5.41 Å². The molecule has 76 valence electrons. The second-order valence-electron chi connectivity index (χ2n) is 4.13. The molecule has 0 bridgehead atoms. The van der Waals surface area contributed by atoms with Gasteiger partial charge < -0.3 is 0 Å². The molecular formula is C10H20O2P+. The van der Waals surface area contributed by atoms with Crippen LogP contribution in [0.3, 0.4) is 0 Å². The predicted molar refractivity (Wildman–Crippen MR) is 55.3 cm³/mol. The van der Waals surface area contributed by atoms with Crippen molar-refractivity contribution in [2.75, 3.05) is 13.3 Å².